The fourth-order valence-electron chi connectivity index (χ4n) is 3.01. The van der Waals surface area contributed by atoms with Crippen LogP contribution in [-0.4, -0.2) is 27.2 Å². The molecule has 4 rings (SSSR count). The summed E-state index contributed by atoms with van der Waals surface area (Å²) in [4.78, 5) is 23.3. The first-order chi connectivity index (χ1) is 15.5. The molecular weight excluding hydrogens is 415 g/mol. The Morgan fingerprint density at radius 2 is 1.72 bits per heavy atom. The van der Waals surface area contributed by atoms with Crippen molar-refractivity contribution in [1.29, 1.82) is 0 Å². The van der Waals surface area contributed by atoms with Gasteiger partial charge < -0.3 is 20.2 Å². The van der Waals surface area contributed by atoms with Gasteiger partial charge >= 0.3 is 23.8 Å². The summed E-state index contributed by atoms with van der Waals surface area (Å²) >= 11 is 0. The number of aliphatic carboxylic acids is 1. The monoisotopic (exact) mass is 432 g/mol. The van der Waals surface area contributed by atoms with Crippen LogP contribution in [0, 0.1) is 5.82 Å². The highest BCUT2D eigenvalue weighted by atomic mass is 19.1. The molecule has 0 aliphatic carbocycles. The molecule has 0 radical (unpaired) electrons. The molecule has 0 saturated carbocycles. The predicted octanol–water partition coefficient (Wildman–Crippen LogP) is 4.50. The Bertz CT molecular complexity index is 1270. The summed E-state index contributed by atoms with van der Waals surface area (Å²) in [6.45, 7) is 0. The number of nitrogens with zero attached hydrogens (tertiary/aromatic N) is 2. The Morgan fingerprint density at radius 3 is 2.47 bits per heavy atom. The van der Waals surface area contributed by atoms with Crippen LogP contribution in [0.1, 0.15) is 16.2 Å². The first-order valence-corrected chi connectivity index (χ1v) is 9.55. The van der Waals surface area contributed by atoms with Crippen molar-refractivity contribution in [1.82, 2.24) is 10.2 Å². The Hall–Kier alpha value is -4.53. The van der Waals surface area contributed by atoms with Gasteiger partial charge in [0.05, 0.1) is 12.1 Å². The second kappa shape index (κ2) is 9.09. The molecule has 3 aromatic carbocycles. The lowest BCUT2D eigenvalue weighted by Gasteiger charge is -2.07. The number of anilines is 3. The quantitative estimate of drug-likeness (QED) is 0.394. The first-order valence-electron chi connectivity index (χ1n) is 9.55. The molecule has 0 aliphatic heterocycles. The van der Waals surface area contributed by atoms with E-state index in [1.165, 1.54) is 12.1 Å². The molecule has 9 heteroatoms. The van der Waals surface area contributed by atoms with Crippen LogP contribution in [0.5, 0.6) is 0 Å². The van der Waals surface area contributed by atoms with Crippen LogP contribution in [0.3, 0.4) is 0 Å². The molecule has 1 aromatic heterocycles. The van der Waals surface area contributed by atoms with Gasteiger partial charge in [-0.3, -0.25) is 9.59 Å². The van der Waals surface area contributed by atoms with Gasteiger partial charge in [0.15, 0.2) is 0 Å². The Kier molecular flexibility index (Phi) is 5.89. The average molecular weight is 432 g/mol. The SMILES string of the molecule is O=C(O)Cc1cccc(-c2ccc(NC(=O)c3nnc(Nc4ccccc4F)o3)cc2)c1. The van der Waals surface area contributed by atoms with E-state index in [0.717, 1.165) is 11.1 Å². The van der Waals surface area contributed by atoms with Crippen LogP contribution in [0.2, 0.25) is 0 Å². The highest BCUT2D eigenvalue weighted by molar-refractivity contribution is 6.01. The predicted molar refractivity (Wildman–Crippen MR) is 115 cm³/mol. The smallest absolute Gasteiger partial charge is 0.320 e. The van der Waals surface area contributed by atoms with Gasteiger partial charge in [-0.25, -0.2) is 4.39 Å². The minimum Gasteiger partial charge on any atom is -0.481 e. The molecule has 4 aromatic rings. The standard InChI is InChI=1S/C23H17FN4O4/c24-18-6-1-2-7-19(18)26-23-28-27-22(32-23)21(31)25-17-10-8-15(9-11-17)16-5-3-4-14(12-16)13-20(29)30/h1-12H,13H2,(H,25,31)(H,26,28)(H,29,30). The van der Waals surface area contributed by atoms with Crippen molar-refractivity contribution in [3.05, 3.63) is 90.1 Å². The average Bonchev–Trinajstić information content (AvgIpc) is 3.24. The second-order valence-electron chi connectivity index (χ2n) is 6.82. The van der Waals surface area contributed by atoms with Crippen LogP contribution in [-0.2, 0) is 11.2 Å². The molecule has 8 nitrogen and oxygen atoms in total. The van der Waals surface area contributed by atoms with Gasteiger partial charge in [-0.2, -0.15) is 0 Å². The summed E-state index contributed by atoms with van der Waals surface area (Å²) in [7, 11) is 0. The summed E-state index contributed by atoms with van der Waals surface area (Å²) in [5.41, 5.74) is 3.07. The molecule has 0 bridgehead atoms. The van der Waals surface area contributed by atoms with E-state index < -0.39 is 17.7 Å². The highest BCUT2D eigenvalue weighted by Crippen LogP contribution is 2.23. The van der Waals surface area contributed by atoms with Crippen molar-refractivity contribution >= 4 is 29.3 Å². The normalized spacial score (nSPS) is 10.5. The molecular formula is C23H17FN4O4. The van der Waals surface area contributed by atoms with Crippen LogP contribution >= 0.6 is 0 Å². The van der Waals surface area contributed by atoms with Gasteiger partial charge in [0.2, 0.25) is 0 Å². The van der Waals surface area contributed by atoms with Crippen LogP contribution in [0.15, 0.2) is 77.2 Å². The number of benzene rings is 3. The van der Waals surface area contributed by atoms with E-state index in [1.54, 1.807) is 48.5 Å². The fourth-order valence-corrected chi connectivity index (χ4v) is 3.01. The largest absolute Gasteiger partial charge is 0.481 e. The third-order valence-corrected chi connectivity index (χ3v) is 4.49. The van der Waals surface area contributed by atoms with E-state index in [-0.39, 0.29) is 24.0 Å². The van der Waals surface area contributed by atoms with E-state index in [2.05, 4.69) is 20.8 Å². The molecule has 3 N–H and O–H groups in total. The number of hydrogen-bond donors (Lipinski definition) is 3. The summed E-state index contributed by atoms with van der Waals surface area (Å²) in [6, 6.07) is 20.1. The lowest BCUT2D eigenvalue weighted by molar-refractivity contribution is -0.136. The van der Waals surface area contributed by atoms with Gasteiger partial charge in [-0.05, 0) is 41.0 Å². The Balaban J connectivity index is 1.42. The van der Waals surface area contributed by atoms with Gasteiger partial charge in [0.1, 0.15) is 5.82 Å². The maximum Gasteiger partial charge on any atom is 0.320 e. The number of para-hydroxylation sites is 1. The van der Waals surface area contributed by atoms with E-state index in [1.807, 2.05) is 12.1 Å². The van der Waals surface area contributed by atoms with Crippen molar-refractivity contribution in [2.24, 2.45) is 0 Å². The summed E-state index contributed by atoms with van der Waals surface area (Å²) in [5, 5.41) is 21.6. The number of carbonyl (C=O) groups is 2. The molecule has 0 fully saturated rings. The zero-order valence-corrected chi connectivity index (χ0v) is 16.6. The maximum atomic E-state index is 13.7. The minimum atomic E-state index is -0.895. The number of aromatic nitrogens is 2. The van der Waals surface area contributed by atoms with E-state index in [4.69, 9.17) is 9.52 Å². The fraction of sp³-hybridized carbons (Fsp3) is 0.0435. The number of hydrogen-bond acceptors (Lipinski definition) is 6. The number of nitrogens with one attached hydrogen (secondary N) is 2. The van der Waals surface area contributed by atoms with Gasteiger partial charge in [-0.15, -0.1) is 5.10 Å². The molecule has 160 valence electrons. The molecule has 0 saturated heterocycles. The summed E-state index contributed by atoms with van der Waals surface area (Å²) in [5.74, 6) is -2.29. The van der Waals surface area contributed by atoms with Crippen LogP contribution in [0.4, 0.5) is 21.8 Å². The summed E-state index contributed by atoms with van der Waals surface area (Å²) < 4.78 is 19.0. The molecule has 1 heterocycles. The second-order valence-corrected chi connectivity index (χ2v) is 6.82. The molecule has 1 amide bonds. The molecule has 32 heavy (non-hydrogen) atoms. The maximum absolute atomic E-state index is 13.7. The molecule has 0 spiro atoms. The van der Waals surface area contributed by atoms with Crippen molar-refractivity contribution in [3.8, 4) is 11.1 Å². The number of carbonyl (C=O) groups excluding carboxylic acids is 1. The molecule has 0 aliphatic rings. The van der Waals surface area contributed by atoms with Crippen LogP contribution in [0.25, 0.3) is 11.1 Å². The number of amides is 1. The summed E-state index contributed by atoms with van der Waals surface area (Å²) in [6.07, 6.45) is -0.0556. The lowest BCUT2D eigenvalue weighted by atomic mass is 10.0. The third-order valence-electron chi connectivity index (χ3n) is 4.49. The number of rotatable bonds is 7. The zero-order chi connectivity index (χ0) is 22.5. The van der Waals surface area contributed by atoms with Crippen molar-refractivity contribution < 1.29 is 23.5 Å². The number of halogens is 1. The highest BCUT2D eigenvalue weighted by Gasteiger charge is 2.16. The number of carboxylic acids is 1. The van der Waals surface area contributed by atoms with Gasteiger partial charge in [-0.1, -0.05) is 53.6 Å². The topological polar surface area (TPSA) is 117 Å². The number of carboxylic acid groups (broad SMARTS) is 1. The Morgan fingerprint density at radius 1 is 0.938 bits per heavy atom. The van der Waals surface area contributed by atoms with Crippen molar-refractivity contribution in [2.45, 2.75) is 6.42 Å². The Labute approximate surface area is 181 Å². The van der Waals surface area contributed by atoms with E-state index in [0.29, 0.717) is 11.3 Å². The molecule has 0 unspecified atom stereocenters. The van der Waals surface area contributed by atoms with Crippen molar-refractivity contribution in [2.75, 3.05) is 10.6 Å². The van der Waals surface area contributed by atoms with Gasteiger partial charge in [0, 0.05) is 5.69 Å². The van der Waals surface area contributed by atoms with E-state index in [9.17, 15) is 14.0 Å². The first kappa shape index (κ1) is 20.7. The van der Waals surface area contributed by atoms with Gasteiger partial charge in [0.25, 0.3) is 0 Å². The van der Waals surface area contributed by atoms with Crippen molar-refractivity contribution in [3.63, 3.8) is 0 Å². The minimum absolute atomic E-state index is 0.0556. The lowest BCUT2D eigenvalue weighted by Crippen LogP contribution is -2.12. The van der Waals surface area contributed by atoms with Crippen LogP contribution < -0.4 is 10.6 Å². The third kappa shape index (κ3) is 4.96. The zero-order valence-electron chi connectivity index (χ0n) is 16.6. The van der Waals surface area contributed by atoms with E-state index >= 15 is 0 Å². The molecule has 0 atom stereocenters.